The van der Waals surface area contributed by atoms with Crippen LogP contribution in [-0.4, -0.2) is 18.6 Å². The van der Waals surface area contributed by atoms with Crippen molar-refractivity contribution in [2.75, 3.05) is 6.61 Å². The lowest BCUT2D eigenvalue weighted by Gasteiger charge is -2.29. The van der Waals surface area contributed by atoms with Gasteiger partial charge < -0.3 is 4.74 Å². The summed E-state index contributed by atoms with van der Waals surface area (Å²) in [6.45, 7) is 3.85. The predicted octanol–water partition coefficient (Wildman–Crippen LogP) is 0.669. The second-order valence-electron chi connectivity index (χ2n) is 2.94. The van der Waals surface area contributed by atoms with Gasteiger partial charge in [-0.05, 0) is 13.3 Å². The van der Waals surface area contributed by atoms with Crippen molar-refractivity contribution in [2.24, 2.45) is 5.41 Å². The molecule has 0 aromatic rings. The van der Waals surface area contributed by atoms with E-state index in [0.29, 0.717) is 6.42 Å². The highest BCUT2D eigenvalue weighted by atomic mass is 16.6. The van der Waals surface area contributed by atoms with E-state index in [1.165, 1.54) is 0 Å². The van der Waals surface area contributed by atoms with Gasteiger partial charge in [0.1, 0.15) is 6.61 Å². The summed E-state index contributed by atoms with van der Waals surface area (Å²) in [6.07, 6.45) is 0.0347. The Balaban J connectivity index is 2.71. The van der Waals surface area contributed by atoms with Gasteiger partial charge in [-0.1, -0.05) is 6.92 Å². The lowest BCUT2D eigenvalue weighted by molar-refractivity contribution is -0.135. The van der Waals surface area contributed by atoms with Crippen molar-refractivity contribution in [3.8, 4) is 0 Å². The topological polar surface area (TPSA) is 55.4 Å². The van der Waals surface area contributed by atoms with Gasteiger partial charge in [-0.3, -0.25) is 10.1 Å². The van der Waals surface area contributed by atoms with Crippen LogP contribution < -0.4 is 5.32 Å². The molecule has 0 aromatic carbocycles. The van der Waals surface area contributed by atoms with Crippen molar-refractivity contribution in [1.29, 1.82) is 0 Å². The van der Waals surface area contributed by atoms with Crippen molar-refractivity contribution in [2.45, 2.75) is 20.3 Å². The molecule has 4 nitrogen and oxygen atoms in total. The van der Waals surface area contributed by atoms with E-state index in [1.54, 1.807) is 6.92 Å². The zero-order chi connectivity index (χ0) is 8.48. The Kier molecular flexibility index (Phi) is 1.85. The molecule has 1 fully saturated rings. The molecule has 1 heterocycles. The standard InChI is InChI=1S/C7H11NO3/c1-3-7(2)4-11-6(10)8-5(7)9/h3-4H2,1-2H3,(H,8,9,10). The minimum Gasteiger partial charge on any atom is -0.448 e. The van der Waals surface area contributed by atoms with Crippen LogP contribution >= 0.6 is 0 Å². The Hall–Kier alpha value is -1.06. The van der Waals surface area contributed by atoms with E-state index in [4.69, 9.17) is 0 Å². The van der Waals surface area contributed by atoms with E-state index < -0.39 is 11.5 Å². The minimum atomic E-state index is -0.638. The average Bonchev–Trinajstić information content (AvgIpc) is 1.98. The van der Waals surface area contributed by atoms with Gasteiger partial charge in [0.05, 0.1) is 5.41 Å². The van der Waals surface area contributed by atoms with E-state index >= 15 is 0 Å². The summed E-state index contributed by atoms with van der Waals surface area (Å²) >= 11 is 0. The van der Waals surface area contributed by atoms with Gasteiger partial charge in [-0.2, -0.15) is 0 Å². The summed E-state index contributed by atoms with van der Waals surface area (Å²) in [5.41, 5.74) is -0.534. The highest BCUT2D eigenvalue weighted by Crippen LogP contribution is 2.24. The van der Waals surface area contributed by atoms with Gasteiger partial charge in [-0.15, -0.1) is 0 Å². The van der Waals surface area contributed by atoms with E-state index in [9.17, 15) is 9.59 Å². The maximum Gasteiger partial charge on any atom is 0.413 e. The second-order valence-corrected chi connectivity index (χ2v) is 2.94. The SMILES string of the molecule is CCC1(C)COC(=O)NC1=O. The van der Waals surface area contributed by atoms with Crippen LogP contribution in [0.25, 0.3) is 0 Å². The second kappa shape index (κ2) is 2.53. The van der Waals surface area contributed by atoms with Crippen LogP contribution in [0.2, 0.25) is 0 Å². The molecular formula is C7H11NO3. The van der Waals surface area contributed by atoms with Gasteiger partial charge in [0.2, 0.25) is 5.91 Å². The fraction of sp³-hybridized carbons (Fsp3) is 0.714. The number of hydrogen-bond donors (Lipinski definition) is 1. The van der Waals surface area contributed by atoms with Crippen molar-refractivity contribution in [1.82, 2.24) is 5.32 Å². The van der Waals surface area contributed by atoms with E-state index in [-0.39, 0.29) is 12.5 Å². The van der Waals surface area contributed by atoms with Crippen molar-refractivity contribution >= 4 is 12.0 Å². The molecule has 1 unspecified atom stereocenters. The summed E-state index contributed by atoms with van der Waals surface area (Å²) in [4.78, 5) is 21.7. The lowest BCUT2D eigenvalue weighted by Crippen LogP contribution is -2.50. The summed E-state index contributed by atoms with van der Waals surface area (Å²) in [7, 11) is 0. The molecule has 62 valence electrons. The predicted molar refractivity (Wildman–Crippen MR) is 37.9 cm³/mol. The van der Waals surface area contributed by atoms with Crippen LogP contribution in [0, 0.1) is 5.41 Å². The summed E-state index contributed by atoms with van der Waals surface area (Å²) in [6, 6.07) is 0. The molecule has 1 saturated heterocycles. The van der Waals surface area contributed by atoms with Gasteiger partial charge in [0, 0.05) is 0 Å². The van der Waals surface area contributed by atoms with Crippen molar-refractivity contribution < 1.29 is 14.3 Å². The zero-order valence-electron chi connectivity index (χ0n) is 6.64. The number of cyclic esters (lactones) is 1. The van der Waals surface area contributed by atoms with Crippen LogP contribution in [-0.2, 0) is 9.53 Å². The number of amides is 2. The molecule has 0 aliphatic carbocycles. The molecule has 0 radical (unpaired) electrons. The molecule has 0 saturated carbocycles. The molecule has 0 aromatic heterocycles. The highest BCUT2D eigenvalue weighted by Gasteiger charge is 2.38. The van der Waals surface area contributed by atoms with E-state index in [2.05, 4.69) is 10.1 Å². The zero-order valence-corrected chi connectivity index (χ0v) is 6.64. The number of rotatable bonds is 1. The van der Waals surface area contributed by atoms with Gasteiger partial charge in [0.15, 0.2) is 0 Å². The van der Waals surface area contributed by atoms with Gasteiger partial charge >= 0.3 is 6.09 Å². The number of imide groups is 1. The third-order valence-electron chi connectivity index (χ3n) is 2.07. The maximum absolute atomic E-state index is 11.1. The fourth-order valence-electron chi connectivity index (χ4n) is 0.833. The Morgan fingerprint density at radius 2 is 2.27 bits per heavy atom. The third kappa shape index (κ3) is 1.34. The summed E-state index contributed by atoms with van der Waals surface area (Å²) in [5.74, 6) is -0.240. The first-order chi connectivity index (χ1) is 5.08. The summed E-state index contributed by atoms with van der Waals surface area (Å²) in [5, 5.41) is 2.12. The Morgan fingerprint density at radius 3 is 2.73 bits per heavy atom. The van der Waals surface area contributed by atoms with Crippen LogP contribution in [0.3, 0.4) is 0 Å². The smallest absolute Gasteiger partial charge is 0.413 e. The molecule has 1 rings (SSSR count). The lowest BCUT2D eigenvalue weighted by atomic mass is 9.87. The molecule has 0 spiro atoms. The van der Waals surface area contributed by atoms with Crippen molar-refractivity contribution in [3.63, 3.8) is 0 Å². The molecule has 0 bridgehead atoms. The Labute approximate surface area is 64.9 Å². The number of nitrogens with one attached hydrogen (secondary N) is 1. The number of ether oxygens (including phenoxy) is 1. The molecule has 1 atom stereocenters. The maximum atomic E-state index is 11.1. The number of alkyl carbamates (subject to hydrolysis) is 1. The van der Waals surface area contributed by atoms with Crippen LogP contribution in [0.4, 0.5) is 4.79 Å². The largest absolute Gasteiger partial charge is 0.448 e. The molecule has 1 N–H and O–H groups in total. The minimum absolute atomic E-state index is 0.189. The molecule has 2 amide bonds. The molecule has 11 heavy (non-hydrogen) atoms. The van der Waals surface area contributed by atoms with Crippen LogP contribution in [0.5, 0.6) is 0 Å². The number of carbonyl (C=O) groups is 2. The normalized spacial score (nSPS) is 31.1. The molecule has 1 aliphatic heterocycles. The fourth-order valence-corrected chi connectivity index (χ4v) is 0.833. The van der Waals surface area contributed by atoms with Crippen LogP contribution in [0.15, 0.2) is 0 Å². The van der Waals surface area contributed by atoms with Gasteiger partial charge in [-0.25, -0.2) is 4.79 Å². The average molecular weight is 157 g/mol. The first-order valence-corrected chi connectivity index (χ1v) is 3.57. The first-order valence-electron chi connectivity index (χ1n) is 3.57. The number of hydrogen-bond acceptors (Lipinski definition) is 3. The Morgan fingerprint density at radius 1 is 1.64 bits per heavy atom. The Bertz CT molecular complexity index is 202. The third-order valence-corrected chi connectivity index (χ3v) is 2.07. The molecule has 4 heteroatoms. The van der Waals surface area contributed by atoms with Crippen LogP contribution in [0.1, 0.15) is 20.3 Å². The van der Waals surface area contributed by atoms with Crippen molar-refractivity contribution in [3.05, 3.63) is 0 Å². The highest BCUT2D eigenvalue weighted by molar-refractivity contribution is 5.97. The molecular weight excluding hydrogens is 146 g/mol. The summed E-state index contributed by atoms with van der Waals surface area (Å²) < 4.78 is 4.68. The number of carbonyl (C=O) groups excluding carboxylic acids is 2. The molecule has 1 aliphatic rings. The van der Waals surface area contributed by atoms with E-state index in [0.717, 1.165) is 0 Å². The quantitative estimate of drug-likeness (QED) is 0.608. The monoisotopic (exact) mass is 157 g/mol. The van der Waals surface area contributed by atoms with E-state index in [1.807, 2.05) is 6.92 Å². The van der Waals surface area contributed by atoms with Gasteiger partial charge in [0.25, 0.3) is 0 Å². The first kappa shape index (κ1) is 8.04.